The van der Waals surface area contributed by atoms with E-state index in [1.165, 1.54) is 16.7 Å². The molecule has 1 heteroatoms. The van der Waals surface area contributed by atoms with Crippen LogP contribution in [0.25, 0.3) is 6.08 Å². The van der Waals surface area contributed by atoms with Crippen molar-refractivity contribution in [2.75, 3.05) is 6.61 Å². The standard InChI is InChI=1S/C19H22O/c1-3-17-10-12-19(13-11-17)20-14-5-4-8-18-9-6-7-16(2)15-18/h4,6-13,15H,3,5,14H2,1-2H3/b8-4+. The molecule has 0 unspecified atom stereocenters. The molecule has 0 amide bonds. The average molecular weight is 266 g/mol. The maximum atomic E-state index is 5.72. The summed E-state index contributed by atoms with van der Waals surface area (Å²) < 4.78 is 5.72. The van der Waals surface area contributed by atoms with E-state index in [1.54, 1.807) is 0 Å². The van der Waals surface area contributed by atoms with Crippen LogP contribution < -0.4 is 4.74 Å². The Morgan fingerprint density at radius 3 is 2.55 bits per heavy atom. The average Bonchev–Trinajstić information content (AvgIpc) is 2.48. The Labute approximate surface area is 121 Å². The lowest BCUT2D eigenvalue weighted by atomic mass is 10.1. The van der Waals surface area contributed by atoms with Gasteiger partial charge in [-0.15, -0.1) is 0 Å². The summed E-state index contributed by atoms with van der Waals surface area (Å²) in [5, 5.41) is 0. The third kappa shape index (κ3) is 4.58. The van der Waals surface area contributed by atoms with Crippen molar-refractivity contribution in [3.05, 3.63) is 71.3 Å². The zero-order valence-corrected chi connectivity index (χ0v) is 12.3. The molecule has 2 aromatic rings. The molecule has 0 aliphatic rings. The highest BCUT2D eigenvalue weighted by Crippen LogP contribution is 2.13. The van der Waals surface area contributed by atoms with Crippen LogP contribution in [0, 0.1) is 6.92 Å². The van der Waals surface area contributed by atoms with Crippen molar-refractivity contribution in [3.63, 3.8) is 0 Å². The SMILES string of the molecule is CCc1ccc(OCC/C=C/c2cccc(C)c2)cc1. The predicted molar refractivity (Wildman–Crippen MR) is 86.1 cm³/mol. The second kappa shape index (κ2) is 7.54. The zero-order valence-electron chi connectivity index (χ0n) is 12.3. The quantitative estimate of drug-likeness (QED) is 0.666. The first-order chi connectivity index (χ1) is 9.78. The molecule has 0 aliphatic heterocycles. The number of rotatable bonds is 6. The molecule has 0 spiro atoms. The van der Waals surface area contributed by atoms with Gasteiger partial charge in [0.05, 0.1) is 6.61 Å². The van der Waals surface area contributed by atoms with Crippen LogP contribution in [0.1, 0.15) is 30.0 Å². The van der Waals surface area contributed by atoms with E-state index in [4.69, 9.17) is 4.74 Å². The molecule has 0 saturated carbocycles. The number of ether oxygens (including phenoxy) is 1. The van der Waals surface area contributed by atoms with Gasteiger partial charge in [0, 0.05) is 0 Å². The molecular weight excluding hydrogens is 244 g/mol. The van der Waals surface area contributed by atoms with Gasteiger partial charge in [0.2, 0.25) is 0 Å². The van der Waals surface area contributed by atoms with Gasteiger partial charge in [-0.05, 0) is 43.0 Å². The Bertz CT molecular complexity index is 552. The third-order valence-electron chi connectivity index (χ3n) is 3.24. The number of benzene rings is 2. The van der Waals surface area contributed by atoms with Gasteiger partial charge in [-0.3, -0.25) is 0 Å². The molecule has 1 nitrogen and oxygen atoms in total. The zero-order chi connectivity index (χ0) is 14.2. The summed E-state index contributed by atoms with van der Waals surface area (Å²) in [6, 6.07) is 16.8. The maximum Gasteiger partial charge on any atom is 0.119 e. The summed E-state index contributed by atoms with van der Waals surface area (Å²) in [7, 11) is 0. The Morgan fingerprint density at radius 1 is 1.05 bits per heavy atom. The van der Waals surface area contributed by atoms with Crippen LogP contribution in [0.3, 0.4) is 0 Å². The van der Waals surface area contributed by atoms with E-state index in [0.717, 1.165) is 18.6 Å². The van der Waals surface area contributed by atoms with Crippen LogP contribution in [0.4, 0.5) is 0 Å². The van der Waals surface area contributed by atoms with Gasteiger partial charge in [0.1, 0.15) is 5.75 Å². The first-order valence-electron chi connectivity index (χ1n) is 7.23. The van der Waals surface area contributed by atoms with Crippen LogP contribution in [-0.4, -0.2) is 6.61 Å². The Morgan fingerprint density at radius 2 is 1.85 bits per heavy atom. The van der Waals surface area contributed by atoms with E-state index >= 15 is 0 Å². The van der Waals surface area contributed by atoms with Gasteiger partial charge < -0.3 is 4.74 Å². The number of aryl methyl sites for hydroxylation is 2. The highest BCUT2D eigenvalue weighted by atomic mass is 16.5. The summed E-state index contributed by atoms with van der Waals surface area (Å²) in [5.74, 6) is 0.950. The molecule has 0 N–H and O–H groups in total. The van der Waals surface area contributed by atoms with Crippen LogP contribution in [0.15, 0.2) is 54.6 Å². The van der Waals surface area contributed by atoms with Crippen molar-refractivity contribution in [1.29, 1.82) is 0 Å². The molecule has 0 fully saturated rings. The second-order valence-electron chi connectivity index (χ2n) is 4.95. The summed E-state index contributed by atoms with van der Waals surface area (Å²) in [5.41, 5.74) is 3.88. The minimum atomic E-state index is 0.716. The Hall–Kier alpha value is -2.02. The van der Waals surface area contributed by atoms with E-state index in [9.17, 15) is 0 Å². The second-order valence-corrected chi connectivity index (χ2v) is 4.95. The molecule has 0 bridgehead atoms. The summed E-state index contributed by atoms with van der Waals surface area (Å²) in [6.45, 7) is 4.99. The fourth-order valence-electron chi connectivity index (χ4n) is 2.06. The minimum absolute atomic E-state index is 0.716. The summed E-state index contributed by atoms with van der Waals surface area (Å²) in [4.78, 5) is 0. The van der Waals surface area contributed by atoms with Gasteiger partial charge >= 0.3 is 0 Å². The normalized spacial score (nSPS) is 10.9. The van der Waals surface area contributed by atoms with Crippen molar-refractivity contribution in [3.8, 4) is 5.75 Å². The molecule has 0 radical (unpaired) electrons. The van der Waals surface area contributed by atoms with Gasteiger partial charge in [-0.1, -0.05) is 61.0 Å². The molecule has 0 aliphatic carbocycles. The van der Waals surface area contributed by atoms with Gasteiger partial charge in [0.15, 0.2) is 0 Å². The van der Waals surface area contributed by atoms with Gasteiger partial charge in [-0.25, -0.2) is 0 Å². The lowest BCUT2D eigenvalue weighted by molar-refractivity contribution is 0.325. The van der Waals surface area contributed by atoms with Crippen LogP contribution in [-0.2, 0) is 6.42 Å². The molecule has 104 valence electrons. The van der Waals surface area contributed by atoms with Gasteiger partial charge in [0.25, 0.3) is 0 Å². The highest BCUT2D eigenvalue weighted by Gasteiger charge is 1.93. The molecule has 0 saturated heterocycles. The molecule has 2 rings (SSSR count). The molecule has 0 heterocycles. The predicted octanol–water partition coefficient (Wildman–Crippen LogP) is 5.04. The first-order valence-corrected chi connectivity index (χ1v) is 7.23. The lowest BCUT2D eigenvalue weighted by Crippen LogP contribution is -1.95. The Kier molecular flexibility index (Phi) is 5.43. The third-order valence-corrected chi connectivity index (χ3v) is 3.24. The van der Waals surface area contributed by atoms with E-state index < -0.39 is 0 Å². The van der Waals surface area contributed by atoms with E-state index in [2.05, 4.69) is 62.4 Å². The van der Waals surface area contributed by atoms with Crippen molar-refractivity contribution in [2.45, 2.75) is 26.7 Å². The molecule has 2 aromatic carbocycles. The summed E-state index contributed by atoms with van der Waals surface area (Å²) in [6.07, 6.45) is 6.30. The van der Waals surface area contributed by atoms with Crippen LogP contribution in [0.5, 0.6) is 5.75 Å². The summed E-state index contributed by atoms with van der Waals surface area (Å²) >= 11 is 0. The van der Waals surface area contributed by atoms with Gasteiger partial charge in [-0.2, -0.15) is 0 Å². The fraction of sp³-hybridized carbons (Fsp3) is 0.263. The molecule has 0 aromatic heterocycles. The lowest BCUT2D eigenvalue weighted by Gasteiger charge is -2.05. The van der Waals surface area contributed by atoms with E-state index in [0.29, 0.717) is 6.61 Å². The topological polar surface area (TPSA) is 9.23 Å². The monoisotopic (exact) mass is 266 g/mol. The van der Waals surface area contributed by atoms with E-state index in [1.807, 2.05) is 12.1 Å². The number of hydrogen-bond acceptors (Lipinski definition) is 1. The van der Waals surface area contributed by atoms with Crippen LogP contribution in [0.2, 0.25) is 0 Å². The maximum absolute atomic E-state index is 5.72. The van der Waals surface area contributed by atoms with Crippen molar-refractivity contribution in [1.82, 2.24) is 0 Å². The highest BCUT2D eigenvalue weighted by molar-refractivity contribution is 5.50. The number of hydrogen-bond donors (Lipinski definition) is 0. The fourth-order valence-corrected chi connectivity index (χ4v) is 2.06. The molecule has 20 heavy (non-hydrogen) atoms. The molecule has 0 atom stereocenters. The smallest absolute Gasteiger partial charge is 0.119 e. The van der Waals surface area contributed by atoms with Crippen LogP contribution >= 0.6 is 0 Å². The Balaban J connectivity index is 1.75. The van der Waals surface area contributed by atoms with E-state index in [-0.39, 0.29) is 0 Å². The van der Waals surface area contributed by atoms with Crippen molar-refractivity contribution >= 4 is 6.08 Å². The van der Waals surface area contributed by atoms with Crippen molar-refractivity contribution in [2.24, 2.45) is 0 Å². The minimum Gasteiger partial charge on any atom is -0.493 e. The largest absolute Gasteiger partial charge is 0.493 e. The first kappa shape index (κ1) is 14.4. The van der Waals surface area contributed by atoms with Crippen molar-refractivity contribution < 1.29 is 4.74 Å². The molecular formula is C19H22O.